The zero-order chi connectivity index (χ0) is 15.5. The summed E-state index contributed by atoms with van der Waals surface area (Å²) in [7, 11) is 0. The van der Waals surface area contributed by atoms with E-state index < -0.39 is 5.41 Å². The maximum atomic E-state index is 12.6. The lowest BCUT2D eigenvalue weighted by molar-refractivity contribution is -0.127. The summed E-state index contributed by atoms with van der Waals surface area (Å²) in [5, 5.41) is 15.4. The lowest BCUT2D eigenvalue weighted by Gasteiger charge is -2.36. The molecule has 0 spiro atoms. The van der Waals surface area contributed by atoms with Gasteiger partial charge in [-0.3, -0.25) is 4.79 Å². The minimum absolute atomic E-state index is 0.0363. The molecule has 1 aromatic carbocycles. The summed E-state index contributed by atoms with van der Waals surface area (Å²) in [6.45, 7) is 5.84. The van der Waals surface area contributed by atoms with Gasteiger partial charge < -0.3 is 10.6 Å². The Bertz CT molecular complexity index is 571. The number of carbonyl (C=O) groups excluding carboxylic acids is 1. The number of piperidine rings is 1. The second kappa shape index (κ2) is 6.59. The van der Waals surface area contributed by atoms with E-state index in [-0.39, 0.29) is 5.91 Å². The highest BCUT2D eigenvalue weighted by Crippen LogP contribution is 2.33. The fourth-order valence-corrected chi connectivity index (χ4v) is 3.02. The second-order valence-corrected chi connectivity index (χ2v) is 6.94. The van der Waals surface area contributed by atoms with Crippen LogP contribution in [0.2, 0.25) is 0 Å². The van der Waals surface area contributed by atoms with Crippen molar-refractivity contribution in [2.24, 2.45) is 11.3 Å². The van der Waals surface area contributed by atoms with Gasteiger partial charge in [-0.25, -0.2) is 0 Å². The zero-order valence-corrected chi connectivity index (χ0v) is 14.0. The summed E-state index contributed by atoms with van der Waals surface area (Å²) in [4.78, 5) is 12.6. The molecule has 1 aromatic rings. The summed E-state index contributed by atoms with van der Waals surface area (Å²) in [5.41, 5.74) is 0.570. The molecule has 1 amide bonds. The smallest absolute Gasteiger partial charge is 0.230 e. The van der Waals surface area contributed by atoms with Gasteiger partial charge in [0.05, 0.1) is 11.3 Å². The van der Waals surface area contributed by atoms with Gasteiger partial charge in [0, 0.05) is 9.89 Å². The van der Waals surface area contributed by atoms with Crippen LogP contribution in [0.25, 0.3) is 0 Å². The maximum absolute atomic E-state index is 12.6. The van der Waals surface area contributed by atoms with Crippen molar-refractivity contribution in [2.75, 3.05) is 18.4 Å². The molecule has 0 saturated carbocycles. The van der Waals surface area contributed by atoms with E-state index >= 15 is 0 Å². The number of anilines is 1. The van der Waals surface area contributed by atoms with Crippen molar-refractivity contribution in [3.05, 3.63) is 28.2 Å². The first-order valence-electron chi connectivity index (χ1n) is 7.17. The molecule has 1 aliphatic heterocycles. The third kappa shape index (κ3) is 3.63. The average molecular weight is 350 g/mol. The summed E-state index contributed by atoms with van der Waals surface area (Å²) in [6.07, 6.45) is 2.15. The molecule has 1 fully saturated rings. The summed E-state index contributed by atoms with van der Waals surface area (Å²) >= 11 is 3.37. The van der Waals surface area contributed by atoms with Crippen LogP contribution in [0, 0.1) is 22.7 Å². The first-order valence-corrected chi connectivity index (χ1v) is 7.96. The van der Waals surface area contributed by atoms with Gasteiger partial charge in [0.25, 0.3) is 0 Å². The number of nitrogens with zero attached hydrogens (tertiary/aromatic N) is 1. The number of rotatable bonds is 3. The molecular weight excluding hydrogens is 330 g/mol. The van der Waals surface area contributed by atoms with Crippen LogP contribution in [-0.2, 0) is 4.79 Å². The van der Waals surface area contributed by atoms with Gasteiger partial charge in [0.1, 0.15) is 6.07 Å². The van der Waals surface area contributed by atoms with E-state index in [1.807, 2.05) is 13.8 Å². The van der Waals surface area contributed by atoms with Crippen LogP contribution < -0.4 is 10.6 Å². The number of hydrogen-bond acceptors (Lipinski definition) is 3. The molecule has 0 aromatic heterocycles. The molecule has 0 bridgehead atoms. The average Bonchev–Trinajstić information content (AvgIpc) is 2.48. The Balaban J connectivity index is 2.17. The molecule has 5 heteroatoms. The predicted octanol–water partition coefficient (Wildman–Crippen LogP) is 3.29. The third-order valence-electron chi connectivity index (χ3n) is 4.25. The van der Waals surface area contributed by atoms with E-state index in [0.717, 1.165) is 30.4 Å². The largest absolute Gasteiger partial charge is 0.324 e. The lowest BCUT2D eigenvalue weighted by Crippen LogP contribution is -2.44. The molecule has 2 rings (SSSR count). The molecule has 1 aliphatic rings. The Labute approximate surface area is 134 Å². The molecule has 1 heterocycles. The van der Waals surface area contributed by atoms with Crippen molar-refractivity contribution < 1.29 is 4.79 Å². The maximum Gasteiger partial charge on any atom is 0.230 e. The molecule has 0 aliphatic carbocycles. The molecule has 112 valence electrons. The topological polar surface area (TPSA) is 64.9 Å². The van der Waals surface area contributed by atoms with Crippen molar-refractivity contribution in [3.63, 3.8) is 0 Å². The standard InChI is InChI=1S/C16H20BrN3O/c1-16(2,12-4-3-7-19-10-12)15(21)20-14-8-13(17)6-5-11(14)9-18/h5-6,8,12,19H,3-4,7,10H2,1-2H3,(H,20,21). The van der Waals surface area contributed by atoms with Crippen LogP contribution in [0.1, 0.15) is 32.3 Å². The van der Waals surface area contributed by atoms with E-state index in [1.54, 1.807) is 18.2 Å². The van der Waals surface area contributed by atoms with Gasteiger partial charge >= 0.3 is 0 Å². The first-order chi connectivity index (χ1) is 9.95. The van der Waals surface area contributed by atoms with Crippen molar-refractivity contribution >= 4 is 27.5 Å². The van der Waals surface area contributed by atoms with Gasteiger partial charge in [-0.05, 0) is 50.0 Å². The number of hydrogen-bond donors (Lipinski definition) is 2. The molecule has 1 saturated heterocycles. The summed E-state index contributed by atoms with van der Waals surface area (Å²) in [5.74, 6) is 0.273. The Morgan fingerprint density at radius 1 is 1.52 bits per heavy atom. The molecular formula is C16H20BrN3O. The van der Waals surface area contributed by atoms with E-state index in [2.05, 4.69) is 32.6 Å². The number of nitrogens with one attached hydrogen (secondary N) is 2. The highest BCUT2D eigenvalue weighted by Gasteiger charge is 2.37. The minimum atomic E-state index is -0.470. The molecule has 1 atom stereocenters. The van der Waals surface area contributed by atoms with Gasteiger partial charge in [0.15, 0.2) is 0 Å². The van der Waals surface area contributed by atoms with E-state index in [9.17, 15) is 4.79 Å². The van der Waals surface area contributed by atoms with Crippen LogP contribution in [0.15, 0.2) is 22.7 Å². The van der Waals surface area contributed by atoms with Crippen LogP contribution in [0.4, 0.5) is 5.69 Å². The quantitative estimate of drug-likeness (QED) is 0.879. The lowest BCUT2D eigenvalue weighted by atomic mass is 9.74. The Morgan fingerprint density at radius 2 is 2.29 bits per heavy atom. The predicted molar refractivity (Wildman–Crippen MR) is 86.9 cm³/mol. The van der Waals surface area contributed by atoms with Gasteiger partial charge in [-0.1, -0.05) is 29.8 Å². The van der Waals surface area contributed by atoms with Gasteiger partial charge in [-0.15, -0.1) is 0 Å². The van der Waals surface area contributed by atoms with Crippen molar-refractivity contribution in [1.82, 2.24) is 5.32 Å². The highest BCUT2D eigenvalue weighted by molar-refractivity contribution is 9.10. The Morgan fingerprint density at radius 3 is 2.90 bits per heavy atom. The minimum Gasteiger partial charge on any atom is -0.324 e. The summed E-state index contributed by atoms with van der Waals surface area (Å²) in [6, 6.07) is 7.38. The SMILES string of the molecule is CC(C)(C(=O)Nc1cc(Br)ccc1C#N)C1CCCNC1. The number of nitriles is 1. The van der Waals surface area contributed by atoms with Crippen molar-refractivity contribution in [2.45, 2.75) is 26.7 Å². The highest BCUT2D eigenvalue weighted by atomic mass is 79.9. The van der Waals surface area contributed by atoms with Gasteiger partial charge in [-0.2, -0.15) is 5.26 Å². The number of halogens is 1. The van der Waals surface area contributed by atoms with Gasteiger partial charge in [0.2, 0.25) is 5.91 Å². The van der Waals surface area contributed by atoms with Crippen molar-refractivity contribution in [3.8, 4) is 6.07 Å². The van der Waals surface area contributed by atoms with Crippen LogP contribution in [0.5, 0.6) is 0 Å². The van der Waals surface area contributed by atoms with E-state index in [1.165, 1.54) is 0 Å². The molecule has 2 N–H and O–H groups in total. The third-order valence-corrected chi connectivity index (χ3v) is 4.75. The monoisotopic (exact) mass is 349 g/mol. The molecule has 21 heavy (non-hydrogen) atoms. The first kappa shape index (κ1) is 16.0. The number of amides is 1. The number of benzene rings is 1. The fraction of sp³-hybridized carbons (Fsp3) is 0.500. The normalized spacial score (nSPS) is 18.9. The molecule has 0 radical (unpaired) electrons. The zero-order valence-electron chi connectivity index (χ0n) is 12.4. The molecule has 4 nitrogen and oxygen atoms in total. The fourth-order valence-electron chi connectivity index (χ4n) is 2.65. The van der Waals surface area contributed by atoms with Crippen LogP contribution >= 0.6 is 15.9 Å². The van der Waals surface area contributed by atoms with Crippen LogP contribution in [0.3, 0.4) is 0 Å². The van der Waals surface area contributed by atoms with E-state index in [4.69, 9.17) is 5.26 Å². The van der Waals surface area contributed by atoms with E-state index in [0.29, 0.717) is 17.2 Å². The van der Waals surface area contributed by atoms with Crippen LogP contribution in [-0.4, -0.2) is 19.0 Å². The Hall–Kier alpha value is -1.38. The summed E-state index contributed by atoms with van der Waals surface area (Å²) < 4.78 is 0.842. The Kier molecular flexibility index (Phi) is 5.02. The molecule has 1 unspecified atom stereocenters. The van der Waals surface area contributed by atoms with Crippen molar-refractivity contribution in [1.29, 1.82) is 5.26 Å². The second-order valence-electron chi connectivity index (χ2n) is 6.02. The number of carbonyl (C=O) groups is 1.